The van der Waals surface area contributed by atoms with Crippen molar-refractivity contribution in [3.8, 4) is 0 Å². The third kappa shape index (κ3) is 3.64. The number of ketones is 1. The maximum atomic E-state index is 11.9. The van der Waals surface area contributed by atoms with Gasteiger partial charge in [0.2, 0.25) is 0 Å². The molecule has 0 heterocycles. The van der Waals surface area contributed by atoms with Crippen molar-refractivity contribution in [1.82, 2.24) is 0 Å². The van der Waals surface area contributed by atoms with E-state index in [2.05, 4.69) is 13.8 Å². The fourth-order valence-corrected chi connectivity index (χ4v) is 1.98. The highest BCUT2D eigenvalue weighted by atomic mass is 35.5. The number of hydrogen-bond acceptors (Lipinski definition) is 1. The Labute approximate surface area is 103 Å². The first-order valence-electron chi connectivity index (χ1n) is 5.84. The highest BCUT2D eigenvalue weighted by Gasteiger charge is 2.11. The summed E-state index contributed by atoms with van der Waals surface area (Å²) in [6.45, 7) is 6.21. The smallest absolute Gasteiger partial charge is 0.163 e. The molecule has 0 radical (unpaired) electrons. The van der Waals surface area contributed by atoms with Gasteiger partial charge in [-0.15, -0.1) is 0 Å². The molecule has 1 atom stereocenters. The van der Waals surface area contributed by atoms with Crippen molar-refractivity contribution in [2.24, 2.45) is 5.92 Å². The van der Waals surface area contributed by atoms with Crippen molar-refractivity contribution >= 4 is 17.4 Å². The average molecular weight is 239 g/mol. The number of Topliss-reactive ketones (excluding diaryl/α,β-unsaturated/α-hetero) is 1. The van der Waals surface area contributed by atoms with Crippen LogP contribution >= 0.6 is 11.6 Å². The lowest BCUT2D eigenvalue weighted by molar-refractivity contribution is 0.0962. The summed E-state index contributed by atoms with van der Waals surface area (Å²) < 4.78 is 0. The number of rotatable bonds is 5. The molecule has 1 aromatic rings. The molecular weight excluding hydrogens is 220 g/mol. The van der Waals surface area contributed by atoms with Gasteiger partial charge in [-0.3, -0.25) is 4.79 Å². The molecule has 0 aliphatic heterocycles. The van der Waals surface area contributed by atoms with E-state index in [4.69, 9.17) is 11.6 Å². The van der Waals surface area contributed by atoms with Gasteiger partial charge in [0, 0.05) is 17.0 Å². The highest BCUT2D eigenvalue weighted by molar-refractivity contribution is 6.31. The van der Waals surface area contributed by atoms with Gasteiger partial charge >= 0.3 is 0 Å². The monoisotopic (exact) mass is 238 g/mol. The van der Waals surface area contributed by atoms with Gasteiger partial charge in [0.15, 0.2) is 5.78 Å². The Kier molecular flexibility index (Phi) is 5.01. The van der Waals surface area contributed by atoms with Gasteiger partial charge in [0.1, 0.15) is 0 Å². The van der Waals surface area contributed by atoms with Crippen LogP contribution in [0.4, 0.5) is 0 Å². The molecule has 0 amide bonds. The Morgan fingerprint density at radius 2 is 2.12 bits per heavy atom. The van der Waals surface area contributed by atoms with E-state index in [1.165, 1.54) is 0 Å². The molecule has 0 aliphatic carbocycles. The first-order chi connectivity index (χ1) is 7.54. The zero-order valence-electron chi connectivity index (χ0n) is 10.2. The summed E-state index contributed by atoms with van der Waals surface area (Å²) in [7, 11) is 0. The topological polar surface area (TPSA) is 17.1 Å². The lowest BCUT2D eigenvalue weighted by Gasteiger charge is -2.09. The first kappa shape index (κ1) is 13.2. The van der Waals surface area contributed by atoms with E-state index in [-0.39, 0.29) is 5.78 Å². The van der Waals surface area contributed by atoms with E-state index in [0.717, 1.165) is 24.0 Å². The molecule has 0 saturated carbocycles. The fraction of sp³-hybridized carbons (Fsp3) is 0.500. The molecule has 1 nitrogen and oxygen atoms in total. The van der Waals surface area contributed by atoms with Crippen LogP contribution in [0.25, 0.3) is 0 Å². The third-order valence-electron chi connectivity index (χ3n) is 2.81. The average Bonchev–Trinajstić information content (AvgIpc) is 2.22. The van der Waals surface area contributed by atoms with Crippen molar-refractivity contribution in [2.45, 2.75) is 40.0 Å². The maximum Gasteiger partial charge on any atom is 0.163 e. The van der Waals surface area contributed by atoms with E-state index >= 15 is 0 Å². The minimum atomic E-state index is 0.197. The number of carbonyl (C=O) groups excluding carboxylic acids is 1. The Morgan fingerprint density at radius 1 is 1.44 bits per heavy atom. The Hall–Kier alpha value is -0.820. The van der Waals surface area contributed by atoms with E-state index in [1.807, 2.05) is 19.1 Å². The molecule has 1 rings (SSSR count). The lowest BCUT2D eigenvalue weighted by atomic mass is 9.96. The summed E-state index contributed by atoms with van der Waals surface area (Å²) in [4.78, 5) is 11.9. The van der Waals surface area contributed by atoms with Gasteiger partial charge in [-0.05, 0) is 24.5 Å². The summed E-state index contributed by atoms with van der Waals surface area (Å²) in [6.07, 6.45) is 2.85. The van der Waals surface area contributed by atoms with Crippen LogP contribution in [0.3, 0.4) is 0 Å². The van der Waals surface area contributed by atoms with E-state index in [9.17, 15) is 4.79 Å². The van der Waals surface area contributed by atoms with Gasteiger partial charge in [0.05, 0.1) is 0 Å². The summed E-state index contributed by atoms with van der Waals surface area (Å²) in [5.74, 6) is 0.653. The zero-order valence-corrected chi connectivity index (χ0v) is 11.0. The van der Waals surface area contributed by atoms with Crippen LogP contribution in [0.2, 0.25) is 5.02 Å². The molecule has 0 N–H and O–H groups in total. The van der Waals surface area contributed by atoms with Crippen molar-refractivity contribution in [2.75, 3.05) is 0 Å². The second-order valence-corrected chi connectivity index (χ2v) is 4.89. The fourth-order valence-electron chi connectivity index (χ4n) is 1.80. The van der Waals surface area contributed by atoms with Gasteiger partial charge in [0.25, 0.3) is 0 Å². The lowest BCUT2D eigenvalue weighted by Crippen LogP contribution is -2.06. The molecule has 0 aromatic heterocycles. The van der Waals surface area contributed by atoms with Crippen LogP contribution in [-0.2, 0) is 0 Å². The molecule has 16 heavy (non-hydrogen) atoms. The molecule has 88 valence electrons. The molecule has 0 aliphatic rings. The second kappa shape index (κ2) is 6.05. The first-order valence-corrected chi connectivity index (χ1v) is 6.21. The molecule has 0 saturated heterocycles. The molecule has 1 unspecified atom stereocenters. The van der Waals surface area contributed by atoms with Crippen molar-refractivity contribution in [3.63, 3.8) is 0 Å². The summed E-state index contributed by atoms with van der Waals surface area (Å²) >= 11 is 6.00. The molecule has 1 aromatic carbocycles. The molecule has 0 bridgehead atoms. The third-order valence-corrected chi connectivity index (χ3v) is 3.22. The van der Waals surface area contributed by atoms with E-state index in [0.29, 0.717) is 17.4 Å². The van der Waals surface area contributed by atoms with Crippen LogP contribution < -0.4 is 0 Å². The SMILES string of the molecule is CCCC(C)CC(=O)c1ccc(C)c(Cl)c1. The van der Waals surface area contributed by atoms with Crippen LogP contribution in [-0.4, -0.2) is 5.78 Å². The Morgan fingerprint density at radius 3 is 2.69 bits per heavy atom. The minimum Gasteiger partial charge on any atom is -0.294 e. The van der Waals surface area contributed by atoms with E-state index < -0.39 is 0 Å². The molecule has 0 spiro atoms. The van der Waals surface area contributed by atoms with Gasteiger partial charge in [-0.1, -0.05) is 50.4 Å². The second-order valence-electron chi connectivity index (χ2n) is 4.49. The highest BCUT2D eigenvalue weighted by Crippen LogP contribution is 2.20. The van der Waals surface area contributed by atoms with Gasteiger partial charge in [-0.2, -0.15) is 0 Å². The van der Waals surface area contributed by atoms with Gasteiger partial charge < -0.3 is 0 Å². The summed E-state index contributed by atoms with van der Waals surface area (Å²) in [5.41, 5.74) is 1.75. The number of aryl methyl sites for hydroxylation is 1. The quantitative estimate of drug-likeness (QED) is 0.682. The zero-order chi connectivity index (χ0) is 12.1. The number of carbonyl (C=O) groups is 1. The number of benzene rings is 1. The van der Waals surface area contributed by atoms with Crippen molar-refractivity contribution < 1.29 is 4.79 Å². The van der Waals surface area contributed by atoms with Crippen molar-refractivity contribution in [1.29, 1.82) is 0 Å². The summed E-state index contributed by atoms with van der Waals surface area (Å²) in [6, 6.07) is 5.54. The van der Waals surface area contributed by atoms with E-state index in [1.54, 1.807) is 6.07 Å². The van der Waals surface area contributed by atoms with Crippen LogP contribution in [0.15, 0.2) is 18.2 Å². The van der Waals surface area contributed by atoms with Gasteiger partial charge in [-0.25, -0.2) is 0 Å². The van der Waals surface area contributed by atoms with Crippen LogP contribution in [0.1, 0.15) is 49.0 Å². The molecule has 0 fully saturated rings. The molecule has 2 heteroatoms. The minimum absolute atomic E-state index is 0.197. The predicted molar refractivity (Wildman–Crippen MR) is 69.2 cm³/mol. The van der Waals surface area contributed by atoms with Crippen molar-refractivity contribution in [3.05, 3.63) is 34.3 Å². The Balaban J connectivity index is 2.69. The largest absolute Gasteiger partial charge is 0.294 e. The normalized spacial score (nSPS) is 12.5. The summed E-state index contributed by atoms with van der Waals surface area (Å²) in [5, 5.41) is 0.675. The maximum absolute atomic E-state index is 11.9. The predicted octanol–water partition coefficient (Wildman–Crippen LogP) is 4.66. The molecular formula is C14H19ClO. The van der Waals surface area contributed by atoms with Crippen LogP contribution in [0, 0.1) is 12.8 Å². The number of hydrogen-bond donors (Lipinski definition) is 0. The Bertz CT molecular complexity index is 371. The standard InChI is InChI=1S/C14H19ClO/c1-4-5-10(2)8-14(16)12-7-6-11(3)13(15)9-12/h6-7,9-10H,4-5,8H2,1-3H3. The number of halogens is 1. The van der Waals surface area contributed by atoms with Crippen LogP contribution in [0.5, 0.6) is 0 Å².